The van der Waals surface area contributed by atoms with Gasteiger partial charge in [-0.05, 0) is 60.9 Å². The van der Waals surface area contributed by atoms with Gasteiger partial charge in [0.25, 0.3) is 5.91 Å². The fraction of sp³-hybridized carbons (Fsp3) is 0.276. The first-order valence-electron chi connectivity index (χ1n) is 12.4. The summed E-state index contributed by atoms with van der Waals surface area (Å²) in [5.74, 6) is 1.97. The van der Waals surface area contributed by atoms with E-state index < -0.39 is 0 Å². The number of aryl methyl sites for hydroxylation is 1. The minimum absolute atomic E-state index is 0.0903. The molecule has 5 rings (SSSR count). The quantitative estimate of drug-likeness (QED) is 0.409. The van der Waals surface area contributed by atoms with Crippen LogP contribution in [0.25, 0.3) is 0 Å². The van der Waals surface area contributed by atoms with Crippen molar-refractivity contribution < 1.29 is 33.3 Å². The number of ether oxygens (including phenoxy) is 4. The molecule has 2 aliphatic heterocycles. The van der Waals surface area contributed by atoms with Gasteiger partial charge in [0.05, 0.1) is 5.69 Å². The SMILES string of the molecule is Cc1ccccc1OCC(=O)c1ccc2c(c1)N(CCCC(=O)NCc1ccc3c(c1)OCO3)C(=O)CO2. The number of hydrogen-bond donors (Lipinski definition) is 1. The smallest absolute Gasteiger partial charge is 0.265 e. The van der Waals surface area contributed by atoms with Gasteiger partial charge in [0, 0.05) is 25.1 Å². The second kappa shape index (κ2) is 11.2. The van der Waals surface area contributed by atoms with Crippen LogP contribution in [0.1, 0.15) is 34.3 Å². The van der Waals surface area contributed by atoms with E-state index in [9.17, 15) is 14.4 Å². The third-order valence-corrected chi connectivity index (χ3v) is 6.39. The summed E-state index contributed by atoms with van der Waals surface area (Å²) in [5, 5.41) is 2.89. The molecule has 0 aromatic heterocycles. The van der Waals surface area contributed by atoms with Crippen LogP contribution in [0.5, 0.6) is 23.0 Å². The molecule has 0 saturated carbocycles. The Hall–Kier alpha value is -4.53. The van der Waals surface area contributed by atoms with Crippen molar-refractivity contribution in [3.8, 4) is 23.0 Å². The van der Waals surface area contributed by atoms with Crippen molar-refractivity contribution in [2.45, 2.75) is 26.3 Å². The van der Waals surface area contributed by atoms with Crippen LogP contribution in [0.4, 0.5) is 5.69 Å². The Morgan fingerprint density at radius 2 is 1.79 bits per heavy atom. The van der Waals surface area contributed by atoms with Crippen molar-refractivity contribution in [2.75, 3.05) is 31.5 Å². The number of carbonyl (C=O) groups is 3. The monoisotopic (exact) mass is 516 g/mol. The number of benzene rings is 3. The lowest BCUT2D eigenvalue weighted by Crippen LogP contribution is -2.40. The summed E-state index contributed by atoms with van der Waals surface area (Å²) in [6.45, 7) is 2.59. The van der Waals surface area contributed by atoms with E-state index in [0.29, 0.717) is 53.8 Å². The molecule has 0 unspecified atom stereocenters. The van der Waals surface area contributed by atoms with Gasteiger partial charge in [-0.15, -0.1) is 0 Å². The van der Waals surface area contributed by atoms with Crippen LogP contribution in [0, 0.1) is 6.92 Å². The number of para-hydroxylation sites is 1. The Labute approximate surface area is 220 Å². The van der Waals surface area contributed by atoms with Crippen LogP contribution in [0.15, 0.2) is 60.7 Å². The molecule has 0 atom stereocenters. The zero-order valence-corrected chi connectivity index (χ0v) is 21.0. The van der Waals surface area contributed by atoms with Crippen molar-refractivity contribution >= 4 is 23.3 Å². The van der Waals surface area contributed by atoms with E-state index in [1.165, 1.54) is 0 Å². The molecule has 2 amide bonds. The molecule has 0 fully saturated rings. The molecule has 1 N–H and O–H groups in total. The van der Waals surface area contributed by atoms with Crippen molar-refractivity contribution in [1.82, 2.24) is 5.32 Å². The molecular weight excluding hydrogens is 488 g/mol. The summed E-state index contributed by atoms with van der Waals surface area (Å²) < 4.78 is 21.9. The fourth-order valence-electron chi connectivity index (χ4n) is 4.30. The maximum Gasteiger partial charge on any atom is 0.265 e. The first-order chi connectivity index (χ1) is 18.5. The van der Waals surface area contributed by atoms with E-state index in [0.717, 1.165) is 11.1 Å². The number of hydrogen-bond acceptors (Lipinski definition) is 7. The van der Waals surface area contributed by atoms with E-state index in [-0.39, 0.29) is 44.0 Å². The first kappa shape index (κ1) is 25.1. The van der Waals surface area contributed by atoms with Gasteiger partial charge in [-0.2, -0.15) is 0 Å². The van der Waals surface area contributed by atoms with Crippen LogP contribution in [0.3, 0.4) is 0 Å². The van der Waals surface area contributed by atoms with Crippen LogP contribution in [-0.4, -0.2) is 44.1 Å². The lowest BCUT2D eigenvalue weighted by Gasteiger charge is -2.29. The lowest BCUT2D eigenvalue weighted by atomic mass is 10.1. The van der Waals surface area contributed by atoms with Gasteiger partial charge in [0.1, 0.15) is 11.5 Å². The standard InChI is InChI=1S/C29H28N2O7/c1-19-5-2-3-6-24(19)35-16-23(32)21-9-11-25-22(14-21)31(29(34)17-36-25)12-4-7-28(33)30-15-20-8-10-26-27(13-20)38-18-37-26/h2-3,5-6,8-11,13-14H,4,7,12,15-18H2,1H3,(H,30,33). The van der Waals surface area contributed by atoms with Crippen LogP contribution >= 0.6 is 0 Å². The Balaban J connectivity index is 1.16. The fourth-order valence-corrected chi connectivity index (χ4v) is 4.30. The predicted molar refractivity (Wildman–Crippen MR) is 139 cm³/mol. The molecule has 3 aromatic rings. The number of ketones is 1. The largest absolute Gasteiger partial charge is 0.485 e. The van der Waals surface area contributed by atoms with Crippen molar-refractivity contribution in [3.05, 3.63) is 77.4 Å². The molecule has 2 heterocycles. The molecule has 0 spiro atoms. The number of rotatable bonds is 10. The van der Waals surface area contributed by atoms with Gasteiger partial charge in [-0.3, -0.25) is 14.4 Å². The summed E-state index contributed by atoms with van der Waals surface area (Å²) in [6, 6.07) is 18.0. The maximum atomic E-state index is 12.8. The topological polar surface area (TPSA) is 103 Å². The van der Waals surface area contributed by atoms with E-state index >= 15 is 0 Å². The summed E-state index contributed by atoms with van der Waals surface area (Å²) in [7, 11) is 0. The van der Waals surface area contributed by atoms with Gasteiger partial charge < -0.3 is 29.2 Å². The summed E-state index contributed by atoms with van der Waals surface area (Å²) in [5.41, 5.74) is 2.78. The molecule has 38 heavy (non-hydrogen) atoms. The van der Waals surface area contributed by atoms with Crippen molar-refractivity contribution in [3.63, 3.8) is 0 Å². The number of anilines is 1. The average Bonchev–Trinajstić information content (AvgIpc) is 3.40. The number of nitrogens with zero attached hydrogens (tertiary/aromatic N) is 1. The molecule has 2 aliphatic rings. The van der Waals surface area contributed by atoms with E-state index in [2.05, 4.69) is 5.32 Å². The van der Waals surface area contributed by atoms with Gasteiger partial charge in [0.2, 0.25) is 12.7 Å². The highest BCUT2D eigenvalue weighted by molar-refractivity contribution is 6.02. The molecule has 0 radical (unpaired) electrons. The molecule has 3 aromatic carbocycles. The normalized spacial score (nSPS) is 13.5. The predicted octanol–water partition coefficient (Wildman–Crippen LogP) is 3.81. The second-order valence-corrected chi connectivity index (χ2v) is 9.06. The molecule has 0 saturated heterocycles. The Morgan fingerprint density at radius 3 is 2.66 bits per heavy atom. The second-order valence-electron chi connectivity index (χ2n) is 9.06. The highest BCUT2D eigenvalue weighted by Gasteiger charge is 2.26. The van der Waals surface area contributed by atoms with Crippen molar-refractivity contribution in [1.29, 1.82) is 0 Å². The number of fused-ring (bicyclic) bond motifs is 2. The molecule has 0 aliphatic carbocycles. The number of amides is 2. The number of Topliss-reactive ketones (excluding diaryl/α,β-unsaturated/α-hetero) is 1. The summed E-state index contributed by atoms with van der Waals surface area (Å²) >= 11 is 0. The number of carbonyl (C=O) groups excluding carboxylic acids is 3. The third-order valence-electron chi connectivity index (χ3n) is 6.39. The van der Waals surface area contributed by atoms with Crippen LogP contribution < -0.4 is 29.2 Å². The Morgan fingerprint density at radius 1 is 0.974 bits per heavy atom. The van der Waals surface area contributed by atoms with Crippen LogP contribution in [-0.2, 0) is 16.1 Å². The molecule has 9 heteroatoms. The summed E-state index contributed by atoms with van der Waals surface area (Å²) in [4.78, 5) is 39.4. The zero-order chi connectivity index (χ0) is 26.5. The maximum absolute atomic E-state index is 12.8. The minimum atomic E-state index is -0.223. The zero-order valence-electron chi connectivity index (χ0n) is 21.0. The minimum Gasteiger partial charge on any atom is -0.485 e. The van der Waals surface area contributed by atoms with Crippen LogP contribution in [0.2, 0.25) is 0 Å². The van der Waals surface area contributed by atoms with Crippen molar-refractivity contribution in [2.24, 2.45) is 0 Å². The first-order valence-corrected chi connectivity index (χ1v) is 12.4. The Bertz CT molecular complexity index is 1370. The average molecular weight is 517 g/mol. The molecular formula is C29H28N2O7. The molecule has 0 bridgehead atoms. The molecule has 9 nitrogen and oxygen atoms in total. The lowest BCUT2D eigenvalue weighted by molar-refractivity contribution is -0.123. The van der Waals surface area contributed by atoms with E-state index in [1.807, 2.05) is 49.4 Å². The highest BCUT2D eigenvalue weighted by Crippen LogP contribution is 2.34. The van der Waals surface area contributed by atoms with Gasteiger partial charge in [-0.25, -0.2) is 0 Å². The van der Waals surface area contributed by atoms with Gasteiger partial charge in [0.15, 0.2) is 30.5 Å². The Kier molecular flexibility index (Phi) is 7.44. The van der Waals surface area contributed by atoms with E-state index in [4.69, 9.17) is 18.9 Å². The van der Waals surface area contributed by atoms with Gasteiger partial charge in [-0.1, -0.05) is 24.3 Å². The third kappa shape index (κ3) is 5.72. The van der Waals surface area contributed by atoms with E-state index in [1.54, 1.807) is 23.1 Å². The highest BCUT2D eigenvalue weighted by atomic mass is 16.7. The summed E-state index contributed by atoms with van der Waals surface area (Å²) in [6.07, 6.45) is 0.695. The van der Waals surface area contributed by atoms with Gasteiger partial charge >= 0.3 is 0 Å². The number of nitrogens with one attached hydrogen (secondary N) is 1. The molecule has 196 valence electrons.